The van der Waals surface area contributed by atoms with Gasteiger partial charge in [0.25, 0.3) is 5.91 Å². The number of nitrogens with zero attached hydrogens (tertiary/aromatic N) is 2. The van der Waals surface area contributed by atoms with Crippen molar-refractivity contribution in [2.24, 2.45) is 5.73 Å². The Hall–Kier alpha value is -0.360. The first-order valence-electron chi connectivity index (χ1n) is 5.07. The largest absolute Gasteiger partial charge is 0.336 e. The minimum absolute atomic E-state index is 0. The number of nitrogens with two attached hydrogens (primary N) is 1. The summed E-state index contributed by atoms with van der Waals surface area (Å²) in [7, 11) is 0. The first kappa shape index (κ1) is 16.6. The van der Waals surface area contributed by atoms with Crippen LogP contribution in [0.1, 0.15) is 26.8 Å². The normalized spacial score (nSPS) is 18.5. The molecule has 0 spiro atoms. The van der Waals surface area contributed by atoms with Crippen molar-refractivity contribution < 1.29 is 4.79 Å². The van der Waals surface area contributed by atoms with Crippen molar-refractivity contribution in [3.8, 4) is 0 Å². The number of amides is 1. The smallest absolute Gasteiger partial charge is 0.265 e. The van der Waals surface area contributed by atoms with Crippen LogP contribution in [0.15, 0.2) is 0 Å². The van der Waals surface area contributed by atoms with E-state index in [-0.39, 0.29) is 36.8 Å². The Labute approximate surface area is 117 Å². The first-order chi connectivity index (χ1) is 7.08. The predicted molar refractivity (Wildman–Crippen MR) is 74.6 cm³/mol. The lowest BCUT2D eigenvalue weighted by atomic mass is 10.3. The third kappa shape index (κ3) is 3.55. The zero-order valence-electron chi connectivity index (χ0n) is 9.80. The molecule has 0 unspecified atom stereocenters. The summed E-state index contributed by atoms with van der Waals surface area (Å²) in [5.74, 6) is 0.0889. The van der Waals surface area contributed by atoms with Crippen LogP contribution >= 0.6 is 36.2 Å². The summed E-state index contributed by atoms with van der Waals surface area (Å²) in [6.07, 6.45) is 0.905. The van der Waals surface area contributed by atoms with Crippen LogP contribution < -0.4 is 5.73 Å². The molecule has 0 aromatic carbocycles. The Morgan fingerprint density at radius 3 is 2.53 bits per heavy atom. The Kier molecular flexibility index (Phi) is 6.40. The standard InChI is InChI=1S/C10H15N3OS.2ClH/c1-6-9(15-7(2)12-6)10(14)13-4-3-8(11)5-13;;/h8H,3-5,11H2,1-2H3;2*1H/t8-;;/m0../s1. The zero-order chi connectivity index (χ0) is 11.0. The predicted octanol–water partition coefficient (Wildman–Crippen LogP) is 1.78. The molecule has 17 heavy (non-hydrogen) atoms. The number of hydrogen-bond donors (Lipinski definition) is 1. The summed E-state index contributed by atoms with van der Waals surface area (Å²) in [6, 6.07) is 0.142. The molecule has 2 rings (SSSR count). The molecule has 0 radical (unpaired) electrons. The van der Waals surface area contributed by atoms with Crippen molar-refractivity contribution in [3.05, 3.63) is 15.6 Å². The van der Waals surface area contributed by atoms with Gasteiger partial charge in [-0.3, -0.25) is 4.79 Å². The fourth-order valence-electron chi connectivity index (χ4n) is 1.85. The fourth-order valence-corrected chi connectivity index (χ4v) is 2.73. The molecule has 2 N–H and O–H groups in total. The highest BCUT2D eigenvalue weighted by Gasteiger charge is 2.26. The zero-order valence-corrected chi connectivity index (χ0v) is 12.3. The molecule has 1 amide bonds. The number of likely N-dealkylation sites (tertiary alicyclic amines) is 1. The third-order valence-electron chi connectivity index (χ3n) is 2.61. The highest BCUT2D eigenvalue weighted by molar-refractivity contribution is 7.13. The number of hydrogen-bond acceptors (Lipinski definition) is 4. The quantitative estimate of drug-likeness (QED) is 0.859. The number of carbonyl (C=O) groups is 1. The van der Waals surface area contributed by atoms with Gasteiger partial charge in [-0.15, -0.1) is 36.2 Å². The van der Waals surface area contributed by atoms with E-state index in [9.17, 15) is 4.79 Å². The van der Waals surface area contributed by atoms with E-state index in [1.807, 2.05) is 18.7 Å². The Morgan fingerprint density at radius 1 is 1.47 bits per heavy atom. The van der Waals surface area contributed by atoms with Crippen molar-refractivity contribution in [2.75, 3.05) is 13.1 Å². The van der Waals surface area contributed by atoms with Crippen LogP contribution in [0.4, 0.5) is 0 Å². The van der Waals surface area contributed by atoms with Gasteiger partial charge in [0.05, 0.1) is 10.7 Å². The van der Waals surface area contributed by atoms with Gasteiger partial charge in [0.15, 0.2) is 0 Å². The van der Waals surface area contributed by atoms with Gasteiger partial charge in [0.2, 0.25) is 0 Å². The molecule has 4 nitrogen and oxygen atoms in total. The number of aryl methyl sites for hydroxylation is 2. The Bertz CT molecular complexity index is 397. The molecule has 2 heterocycles. The summed E-state index contributed by atoms with van der Waals surface area (Å²) in [5.41, 5.74) is 6.61. The van der Waals surface area contributed by atoms with Crippen LogP contribution in [0.25, 0.3) is 0 Å². The SMILES string of the molecule is Cc1nc(C)c(C(=O)N2CC[C@H](N)C2)s1.Cl.Cl. The van der Waals surface area contributed by atoms with E-state index in [2.05, 4.69) is 4.98 Å². The van der Waals surface area contributed by atoms with Crippen molar-refractivity contribution in [3.63, 3.8) is 0 Å². The van der Waals surface area contributed by atoms with Crippen LogP contribution in [0.5, 0.6) is 0 Å². The van der Waals surface area contributed by atoms with Gasteiger partial charge in [-0.05, 0) is 20.3 Å². The molecule has 1 saturated heterocycles. The molecular formula is C10H17Cl2N3OS. The molecule has 1 fully saturated rings. The lowest BCUT2D eigenvalue weighted by molar-refractivity contribution is 0.0794. The molecule has 1 atom stereocenters. The number of aromatic nitrogens is 1. The summed E-state index contributed by atoms with van der Waals surface area (Å²) in [5, 5.41) is 0.944. The number of thiazole rings is 1. The Morgan fingerprint density at radius 2 is 2.12 bits per heavy atom. The van der Waals surface area contributed by atoms with Crippen molar-refractivity contribution in [1.29, 1.82) is 0 Å². The molecule has 1 aromatic rings. The molecule has 7 heteroatoms. The number of rotatable bonds is 1. The average molecular weight is 298 g/mol. The lowest BCUT2D eigenvalue weighted by Gasteiger charge is -2.14. The monoisotopic (exact) mass is 297 g/mol. The van der Waals surface area contributed by atoms with Gasteiger partial charge in [-0.2, -0.15) is 0 Å². The van der Waals surface area contributed by atoms with E-state index in [0.29, 0.717) is 6.54 Å². The molecular weight excluding hydrogens is 281 g/mol. The van der Waals surface area contributed by atoms with E-state index < -0.39 is 0 Å². The van der Waals surface area contributed by atoms with Gasteiger partial charge in [0, 0.05) is 19.1 Å². The maximum absolute atomic E-state index is 12.1. The minimum Gasteiger partial charge on any atom is -0.336 e. The second kappa shape index (κ2) is 6.54. The maximum Gasteiger partial charge on any atom is 0.265 e. The maximum atomic E-state index is 12.1. The van der Waals surface area contributed by atoms with E-state index >= 15 is 0 Å². The molecule has 1 aromatic heterocycles. The first-order valence-corrected chi connectivity index (χ1v) is 5.88. The van der Waals surface area contributed by atoms with Crippen LogP contribution in [0.2, 0.25) is 0 Å². The van der Waals surface area contributed by atoms with Crippen LogP contribution in [0.3, 0.4) is 0 Å². The minimum atomic E-state index is 0. The average Bonchev–Trinajstić information content (AvgIpc) is 2.71. The second-order valence-electron chi connectivity index (χ2n) is 3.95. The Balaban J connectivity index is 0.00000128. The van der Waals surface area contributed by atoms with Crippen molar-refractivity contribution >= 4 is 42.1 Å². The number of carbonyl (C=O) groups excluding carboxylic acids is 1. The fraction of sp³-hybridized carbons (Fsp3) is 0.600. The van der Waals surface area contributed by atoms with Gasteiger partial charge < -0.3 is 10.6 Å². The van der Waals surface area contributed by atoms with Gasteiger partial charge in [-0.25, -0.2) is 4.98 Å². The highest BCUT2D eigenvalue weighted by atomic mass is 35.5. The van der Waals surface area contributed by atoms with E-state index in [1.165, 1.54) is 11.3 Å². The highest BCUT2D eigenvalue weighted by Crippen LogP contribution is 2.21. The molecule has 0 bridgehead atoms. The molecule has 98 valence electrons. The summed E-state index contributed by atoms with van der Waals surface area (Å²) < 4.78 is 0. The van der Waals surface area contributed by atoms with Gasteiger partial charge in [-0.1, -0.05) is 0 Å². The summed E-state index contributed by atoms with van der Waals surface area (Å²) in [4.78, 5) is 18.9. The van der Waals surface area contributed by atoms with Crippen molar-refractivity contribution in [2.45, 2.75) is 26.3 Å². The topological polar surface area (TPSA) is 59.2 Å². The van der Waals surface area contributed by atoms with Gasteiger partial charge in [0.1, 0.15) is 4.88 Å². The third-order valence-corrected chi connectivity index (χ3v) is 3.67. The van der Waals surface area contributed by atoms with Crippen LogP contribution in [-0.2, 0) is 0 Å². The second-order valence-corrected chi connectivity index (χ2v) is 5.15. The summed E-state index contributed by atoms with van der Waals surface area (Å²) in [6.45, 7) is 5.25. The number of halogens is 2. The molecule has 0 saturated carbocycles. The van der Waals surface area contributed by atoms with E-state index in [1.54, 1.807) is 0 Å². The van der Waals surface area contributed by atoms with E-state index in [0.717, 1.165) is 28.5 Å². The summed E-state index contributed by atoms with van der Waals surface area (Å²) >= 11 is 1.47. The van der Waals surface area contributed by atoms with Crippen molar-refractivity contribution in [1.82, 2.24) is 9.88 Å². The molecule has 1 aliphatic heterocycles. The van der Waals surface area contributed by atoms with E-state index in [4.69, 9.17) is 5.73 Å². The van der Waals surface area contributed by atoms with Crippen LogP contribution in [0, 0.1) is 13.8 Å². The molecule has 0 aliphatic carbocycles. The van der Waals surface area contributed by atoms with Crippen LogP contribution in [-0.4, -0.2) is 34.9 Å². The lowest BCUT2D eigenvalue weighted by Crippen LogP contribution is -2.31. The molecule has 1 aliphatic rings. The van der Waals surface area contributed by atoms with Gasteiger partial charge >= 0.3 is 0 Å².